The number of fused-ring (bicyclic) bond motifs is 1. The van der Waals surface area contributed by atoms with Crippen LogP contribution in [0.25, 0.3) is 11.0 Å². The Morgan fingerprint density at radius 3 is 1.76 bits per heavy atom. The molecule has 0 bridgehead atoms. The van der Waals surface area contributed by atoms with Gasteiger partial charge in [0.05, 0.1) is 32.5 Å². The third-order valence-corrected chi connectivity index (χ3v) is 7.03. The van der Waals surface area contributed by atoms with Crippen LogP contribution in [0.4, 0.5) is 23.5 Å². The SMILES string of the molecule is COCCN(CCOC)c1nc(N2CCC(OC)CC2)c2nc(N(CCOC)CCOC)nc(NCCCO)c2n1. The Labute approximate surface area is 243 Å². The summed E-state index contributed by atoms with van der Waals surface area (Å²) in [6, 6.07) is 0. The van der Waals surface area contributed by atoms with Gasteiger partial charge in [-0.25, -0.2) is 9.97 Å². The third-order valence-electron chi connectivity index (χ3n) is 7.03. The molecule has 1 aliphatic rings. The van der Waals surface area contributed by atoms with E-state index in [9.17, 15) is 5.11 Å². The maximum Gasteiger partial charge on any atom is 0.228 e. The van der Waals surface area contributed by atoms with Crippen molar-refractivity contribution in [2.45, 2.75) is 25.4 Å². The predicted molar refractivity (Wildman–Crippen MR) is 159 cm³/mol. The summed E-state index contributed by atoms with van der Waals surface area (Å²) in [7, 11) is 8.47. The summed E-state index contributed by atoms with van der Waals surface area (Å²) in [6.07, 6.45) is 2.57. The van der Waals surface area contributed by atoms with Crippen LogP contribution in [0.2, 0.25) is 0 Å². The second-order valence-electron chi connectivity index (χ2n) is 9.79. The van der Waals surface area contributed by atoms with Crippen LogP contribution in [-0.2, 0) is 23.7 Å². The van der Waals surface area contributed by atoms with E-state index >= 15 is 0 Å². The van der Waals surface area contributed by atoms with Gasteiger partial charge in [-0.3, -0.25) is 0 Å². The monoisotopic (exact) mass is 580 g/mol. The molecule has 41 heavy (non-hydrogen) atoms. The molecule has 0 aromatic carbocycles. The summed E-state index contributed by atoms with van der Waals surface area (Å²) in [5, 5.41) is 12.8. The maximum absolute atomic E-state index is 9.45. The molecule has 2 aromatic heterocycles. The summed E-state index contributed by atoms with van der Waals surface area (Å²) in [5.74, 6) is 2.45. The van der Waals surface area contributed by atoms with Crippen molar-refractivity contribution in [2.75, 3.05) is 134 Å². The largest absolute Gasteiger partial charge is 0.396 e. The van der Waals surface area contributed by atoms with Crippen LogP contribution in [0, 0.1) is 0 Å². The summed E-state index contributed by atoms with van der Waals surface area (Å²) in [5.41, 5.74) is 1.29. The molecule has 0 atom stereocenters. The highest BCUT2D eigenvalue weighted by Gasteiger charge is 2.27. The number of nitrogens with one attached hydrogen (secondary N) is 1. The summed E-state index contributed by atoms with van der Waals surface area (Å²) >= 11 is 0. The molecule has 14 heteroatoms. The summed E-state index contributed by atoms with van der Waals surface area (Å²) < 4.78 is 27.1. The van der Waals surface area contributed by atoms with E-state index in [4.69, 9.17) is 43.6 Å². The van der Waals surface area contributed by atoms with Crippen LogP contribution in [0.3, 0.4) is 0 Å². The van der Waals surface area contributed by atoms with Gasteiger partial charge in [-0.05, 0) is 19.3 Å². The Morgan fingerprint density at radius 2 is 1.27 bits per heavy atom. The number of methoxy groups -OCH3 is 5. The van der Waals surface area contributed by atoms with E-state index in [1.807, 2.05) is 4.90 Å². The van der Waals surface area contributed by atoms with Gasteiger partial charge in [0.25, 0.3) is 0 Å². The van der Waals surface area contributed by atoms with Gasteiger partial charge in [0.2, 0.25) is 11.9 Å². The number of hydrogen-bond acceptors (Lipinski definition) is 14. The fourth-order valence-electron chi connectivity index (χ4n) is 4.62. The fourth-order valence-corrected chi connectivity index (χ4v) is 4.62. The number of hydrogen-bond donors (Lipinski definition) is 2. The number of aliphatic hydroxyl groups excluding tert-OH is 1. The molecule has 1 fully saturated rings. The van der Waals surface area contributed by atoms with Gasteiger partial charge in [0, 0.05) is 88.0 Å². The Kier molecular flexibility index (Phi) is 14.5. The van der Waals surface area contributed by atoms with Crippen molar-refractivity contribution in [3.05, 3.63) is 0 Å². The first-order chi connectivity index (χ1) is 20.1. The molecule has 2 N–H and O–H groups in total. The van der Waals surface area contributed by atoms with Crippen LogP contribution >= 0.6 is 0 Å². The molecule has 3 heterocycles. The Hall–Kier alpha value is -2.62. The Bertz CT molecular complexity index is 1010. The summed E-state index contributed by atoms with van der Waals surface area (Å²) in [6.45, 7) is 6.62. The van der Waals surface area contributed by atoms with E-state index in [1.165, 1.54) is 0 Å². The van der Waals surface area contributed by atoms with Gasteiger partial charge in [-0.15, -0.1) is 0 Å². The average Bonchev–Trinajstić information content (AvgIpc) is 3.01. The Morgan fingerprint density at radius 1 is 0.756 bits per heavy atom. The lowest BCUT2D eigenvalue weighted by Crippen LogP contribution is -2.38. The second-order valence-corrected chi connectivity index (χ2v) is 9.79. The molecule has 0 saturated carbocycles. The molecular weight excluding hydrogens is 532 g/mol. The molecule has 3 rings (SSSR count). The van der Waals surface area contributed by atoms with Gasteiger partial charge in [-0.1, -0.05) is 0 Å². The topological polar surface area (TPSA) is 140 Å². The minimum Gasteiger partial charge on any atom is -0.396 e. The number of nitrogens with zero attached hydrogens (tertiary/aromatic N) is 7. The average molecular weight is 581 g/mol. The van der Waals surface area contributed by atoms with E-state index in [0.29, 0.717) is 94.3 Å². The zero-order chi connectivity index (χ0) is 29.5. The van der Waals surface area contributed by atoms with Crippen LogP contribution in [0.5, 0.6) is 0 Å². The second kappa shape index (κ2) is 18.0. The smallest absolute Gasteiger partial charge is 0.228 e. The van der Waals surface area contributed by atoms with Crippen molar-refractivity contribution in [1.82, 2.24) is 19.9 Å². The quantitative estimate of drug-likeness (QED) is 0.215. The summed E-state index contributed by atoms with van der Waals surface area (Å²) in [4.78, 5) is 26.5. The lowest BCUT2D eigenvalue weighted by Gasteiger charge is -2.33. The van der Waals surface area contributed by atoms with E-state index < -0.39 is 0 Å². The maximum atomic E-state index is 9.45. The van der Waals surface area contributed by atoms with Gasteiger partial charge in [0.1, 0.15) is 11.0 Å². The number of aliphatic hydroxyl groups is 1. The first-order valence-corrected chi connectivity index (χ1v) is 14.3. The predicted octanol–water partition coefficient (Wildman–Crippen LogP) is 1.03. The minimum atomic E-state index is 0.0679. The van der Waals surface area contributed by atoms with Crippen molar-refractivity contribution in [3.63, 3.8) is 0 Å². The van der Waals surface area contributed by atoms with Crippen molar-refractivity contribution < 1.29 is 28.8 Å². The zero-order valence-corrected chi connectivity index (χ0v) is 25.3. The molecular formula is C27H48N8O6. The molecule has 0 amide bonds. The zero-order valence-electron chi connectivity index (χ0n) is 25.3. The molecule has 1 saturated heterocycles. The molecule has 0 aliphatic carbocycles. The molecule has 0 spiro atoms. The van der Waals surface area contributed by atoms with Crippen LogP contribution in [-0.4, -0.2) is 146 Å². The number of rotatable bonds is 20. The highest BCUT2D eigenvalue weighted by molar-refractivity contribution is 5.95. The highest BCUT2D eigenvalue weighted by atomic mass is 16.5. The van der Waals surface area contributed by atoms with Gasteiger partial charge in [0.15, 0.2) is 11.6 Å². The Balaban J connectivity index is 2.20. The van der Waals surface area contributed by atoms with Crippen molar-refractivity contribution >= 4 is 34.6 Å². The molecule has 1 aliphatic heterocycles. The van der Waals surface area contributed by atoms with Crippen molar-refractivity contribution in [1.29, 1.82) is 0 Å². The molecule has 14 nitrogen and oxygen atoms in total. The number of ether oxygens (including phenoxy) is 5. The van der Waals surface area contributed by atoms with Crippen LogP contribution in [0.1, 0.15) is 19.3 Å². The van der Waals surface area contributed by atoms with E-state index in [1.54, 1.807) is 35.5 Å². The molecule has 0 radical (unpaired) electrons. The number of aromatic nitrogens is 4. The van der Waals surface area contributed by atoms with Crippen LogP contribution < -0.4 is 20.0 Å². The molecule has 0 unspecified atom stereocenters. The first kappa shape index (κ1) is 32.9. The van der Waals surface area contributed by atoms with Crippen molar-refractivity contribution in [2.24, 2.45) is 0 Å². The van der Waals surface area contributed by atoms with E-state index in [-0.39, 0.29) is 12.7 Å². The molecule has 232 valence electrons. The highest BCUT2D eigenvalue weighted by Crippen LogP contribution is 2.32. The van der Waals surface area contributed by atoms with Gasteiger partial charge < -0.3 is 48.8 Å². The molecule has 2 aromatic rings. The lowest BCUT2D eigenvalue weighted by molar-refractivity contribution is 0.0818. The number of anilines is 4. The lowest BCUT2D eigenvalue weighted by atomic mass is 10.1. The minimum absolute atomic E-state index is 0.0679. The van der Waals surface area contributed by atoms with E-state index in [0.717, 1.165) is 31.7 Å². The third kappa shape index (κ3) is 9.45. The fraction of sp³-hybridized carbons (Fsp3) is 0.778. The van der Waals surface area contributed by atoms with Gasteiger partial charge in [-0.2, -0.15) is 9.97 Å². The normalized spacial score (nSPS) is 14.1. The van der Waals surface area contributed by atoms with Gasteiger partial charge >= 0.3 is 0 Å². The number of piperidine rings is 1. The van der Waals surface area contributed by atoms with Crippen molar-refractivity contribution in [3.8, 4) is 0 Å². The standard InChI is InChI=1S/C27H48N8O6/c1-37-17-12-34(13-18-38-2)26-30-23-22(24(31-26)28-9-6-16-36)29-27(35(14-19-39-3)15-20-40-4)32-25(23)33-10-7-21(41-5)8-11-33/h21,36H,6-20H2,1-5H3,(H,28,30,31). The first-order valence-electron chi connectivity index (χ1n) is 14.3. The van der Waals surface area contributed by atoms with Crippen LogP contribution in [0.15, 0.2) is 0 Å². The van der Waals surface area contributed by atoms with E-state index in [2.05, 4.69) is 15.1 Å².